The van der Waals surface area contributed by atoms with E-state index in [9.17, 15) is 19.2 Å². The fourth-order valence-electron chi connectivity index (χ4n) is 2.47. The first kappa shape index (κ1) is 22.7. The van der Waals surface area contributed by atoms with Crippen molar-refractivity contribution in [3.8, 4) is 5.75 Å². The number of carbonyl (C=O) groups excluding carboxylic acids is 4. The summed E-state index contributed by atoms with van der Waals surface area (Å²) < 4.78 is 14.4. The number of nitrogens with one attached hydrogen (secondary N) is 2. The molecular formula is C20H19ClN2O7. The zero-order valence-electron chi connectivity index (χ0n) is 16.6. The molecule has 0 bridgehead atoms. The van der Waals surface area contributed by atoms with Gasteiger partial charge in [-0.25, -0.2) is 9.59 Å². The minimum Gasteiger partial charge on any atom is -0.495 e. The van der Waals surface area contributed by atoms with Crippen LogP contribution in [0.25, 0.3) is 0 Å². The van der Waals surface area contributed by atoms with Gasteiger partial charge in [0.15, 0.2) is 0 Å². The van der Waals surface area contributed by atoms with Gasteiger partial charge in [-0.3, -0.25) is 9.59 Å². The standard InChI is InChI=1S/C20H19ClN2O7/c1-10-7-15(16(28-2)9-13(10)21)23-18(25)17(24)22-14-8-11(19(26)29-3)5-6-12(14)20(27)30-4/h5-9H,1-4H3,(H,22,24)(H,23,25). The van der Waals surface area contributed by atoms with Crippen molar-refractivity contribution in [1.29, 1.82) is 0 Å². The molecule has 2 rings (SSSR count). The number of hydrogen-bond donors (Lipinski definition) is 2. The average molecular weight is 435 g/mol. The molecule has 158 valence electrons. The van der Waals surface area contributed by atoms with Crippen LogP contribution < -0.4 is 15.4 Å². The van der Waals surface area contributed by atoms with Gasteiger partial charge in [0.2, 0.25) is 0 Å². The number of halogens is 1. The van der Waals surface area contributed by atoms with Crippen LogP contribution in [-0.4, -0.2) is 45.1 Å². The zero-order valence-corrected chi connectivity index (χ0v) is 17.4. The summed E-state index contributed by atoms with van der Waals surface area (Å²) in [4.78, 5) is 48.5. The van der Waals surface area contributed by atoms with Gasteiger partial charge in [-0.15, -0.1) is 0 Å². The number of hydrogen-bond acceptors (Lipinski definition) is 7. The van der Waals surface area contributed by atoms with Crippen LogP contribution in [0.4, 0.5) is 11.4 Å². The van der Waals surface area contributed by atoms with Gasteiger partial charge in [0.1, 0.15) is 5.75 Å². The van der Waals surface area contributed by atoms with Crippen LogP contribution in [-0.2, 0) is 19.1 Å². The lowest BCUT2D eigenvalue weighted by Crippen LogP contribution is -2.30. The van der Waals surface area contributed by atoms with Crippen molar-refractivity contribution >= 4 is 46.7 Å². The topological polar surface area (TPSA) is 120 Å². The van der Waals surface area contributed by atoms with Crippen LogP contribution in [0.15, 0.2) is 30.3 Å². The lowest BCUT2D eigenvalue weighted by atomic mass is 10.1. The number of methoxy groups -OCH3 is 3. The van der Waals surface area contributed by atoms with Crippen molar-refractivity contribution in [2.24, 2.45) is 0 Å². The average Bonchev–Trinajstić information content (AvgIpc) is 2.74. The maximum Gasteiger partial charge on any atom is 0.339 e. The molecule has 2 N–H and O–H groups in total. The Hall–Kier alpha value is -3.59. The second-order valence-corrected chi connectivity index (χ2v) is 6.36. The molecule has 0 saturated carbocycles. The second kappa shape index (κ2) is 9.75. The molecule has 9 nitrogen and oxygen atoms in total. The molecule has 0 radical (unpaired) electrons. The van der Waals surface area contributed by atoms with Crippen molar-refractivity contribution in [3.05, 3.63) is 52.0 Å². The van der Waals surface area contributed by atoms with E-state index in [1.165, 1.54) is 38.5 Å². The van der Waals surface area contributed by atoms with Crippen LogP contribution in [0.5, 0.6) is 5.75 Å². The summed E-state index contributed by atoms with van der Waals surface area (Å²) in [6.07, 6.45) is 0. The first-order valence-corrected chi connectivity index (χ1v) is 8.86. The minimum atomic E-state index is -1.09. The van der Waals surface area contributed by atoms with Gasteiger partial charge in [0.25, 0.3) is 0 Å². The molecule has 0 spiro atoms. The summed E-state index contributed by atoms with van der Waals surface area (Å²) in [7, 11) is 3.73. The Morgan fingerprint density at radius 3 is 2.00 bits per heavy atom. The normalized spacial score (nSPS) is 10.0. The maximum absolute atomic E-state index is 12.4. The highest BCUT2D eigenvalue weighted by Gasteiger charge is 2.22. The summed E-state index contributed by atoms with van der Waals surface area (Å²) in [5, 5.41) is 5.15. The van der Waals surface area contributed by atoms with Crippen LogP contribution in [0.1, 0.15) is 26.3 Å². The highest BCUT2D eigenvalue weighted by Crippen LogP contribution is 2.31. The number of esters is 2. The molecular weight excluding hydrogens is 416 g/mol. The number of anilines is 2. The fraction of sp³-hybridized carbons (Fsp3) is 0.200. The number of aryl methyl sites for hydroxylation is 1. The zero-order chi connectivity index (χ0) is 22.4. The number of amides is 2. The number of carbonyl (C=O) groups is 4. The number of ether oxygens (including phenoxy) is 3. The van der Waals surface area contributed by atoms with Crippen molar-refractivity contribution in [2.75, 3.05) is 32.0 Å². The first-order chi connectivity index (χ1) is 14.2. The predicted octanol–water partition coefficient (Wildman–Crippen LogP) is 2.81. The molecule has 0 saturated heterocycles. The smallest absolute Gasteiger partial charge is 0.339 e. The third-order valence-electron chi connectivity index (χ3n) is 4.03. The van der Waals surface area contributed by atoms with Crippen LogP contribution in [0, 0.1) is 6.92 Å². The van der Waals surface area contributed by atoms with Gasteiger partial charge in [0, 0.05) is 11.1 Å². The van der Waals surface area contributed by atoms with Crippen molar-refractivity contribution in [3.63, 3.8) is 0 Å². The lowest BCUT2D eigenvalue weighted by molar-refractivity contribution is -0.133. The summed E-state index contributed by atoms with van der Waals surface area (Å²) in [5.41, 5.74) is 0.814. The summed E-state index contributed by atoms with van der Waals surface area (Å²) in [6, 6.07) is 6.85. The highest BCUT2D eigenvalue weighted by molar-refractivity contribution is 6.44. The van der Waals surface area contributed by atoms with E-state index in [-0.39, 0.29) is 28.3 Å². The lowest BCUT2D eigenvalue weighted by Gasteiger charge is -2.13. The van der Waals surface area contributed by atoms with Crippen LogP contribution in [0.2, 0.25) is 5.02 Å². The predicted molar refractivity (Wildman–Crippen MR) is 109 cm³/mol. The summed E-state index contributed by atoms with van der Waals surface area (Å²) in [6.45, 7) is 1.72. The van der Waals surface area contributed by atoms with Gasteiger partial charge in [-0.1, -0.05) is 11.6 Å². The summed E-state index contributed by atoms with van der Waals surface area (Å²) in [5.74, 6) is -3.31. The molecule has 0 unspecified atom stereocenters. The Morgan fingerprint density at radius 2 is 1.43 bits per heavy atom. The molecule has 10 heteroatoms. The van der Waals surface area contributed by atoms with Crippen LogP contribution >= 0.6 is 11.6 Å². The van der Waals surface area contributed by atoms with Gasteiger partial charge >= 0.3 is 23.8 Å². The molecule has 0 heterocycles. The molecule has 30 heavy (non-hydrogen) atoms. The minimum absolute atomic E-state index is 0.0498. The molecule has 2 aromatic carbocycles. The van der Waals surface area contributed by atoms with Crippen molar-refractivity contribution in [2.45, 2.75) is 6.92 Å². The van der Waals surface area contributed by atoms with E-state index >= 15 is 0 Å². The third kappa shape index (κ3) is 5.06. The number of rotatable bonds is 5. The number of benzene rings is 2. The van der Waals surface area contributed by atoms with E-state index < -0.39 is 23.8 Å². The third-order valence-corrected chi connectivity index (χ3v) is 4.44. The van der Waals surface area contributed by atoms with Crippen molar-refractivity contribution in [1.82, 2.24) is 0 Å². The Balaban J connectivity index is 2.30. The van der Waals surface area contributed by atoms with Gasteiger partial charge in [-0.05, 0) is 36.8 Å². The van der Waals surface area contributed by atoms with Gasteiger partial charge < -0.3 is 24.8 Å². The SMILES string of the molecule is COC(=O)c1ccc(C(=O)OC)c(NC(=O)C(=O)Nc2cc(C)c(Cl)cc2OC)c1. The molecule has 2 aromatic rings. The van der Waals surface area contributed by atoms with Crippen LogP contribution in [0.3, 0.4) is 0 Å². The van der Waals surface area contributed by atoms with Gasteiger partial charge in [-0.2, -0.15) is 0 Å². The molecule has 0 aliphatic heterocycles. The van der Waals surface area contributed by atoms with E-state index in [2.05, 4.69) is 20.1 Å². The monoisotopic (exact) mass is 434 g/mol. The second-order valence-electron chi connectivity index (χ2n) is 5.95. The van der Waals surface area contributed by atoms with E-state index in [0.29, 0.717) is 10.6 Å². The molecule has 0 aliphatic rings. The Bertz CT molecular complexity index is 1020. The fourth-order valence-corrected chi connectivity index (χ4v) is 2.62. The Kier molecular flexibility index (Phi) is 7.38. The molecule has 0 aliphatic carbocycles. The van der Waals surface area contributed by atoms with E-state index in [1.807, 2.05) is 0 Å². The Labute approximate surface area is 177 Å². The first-order valence-electron chi connectivity index (χ1n) is 8.49. The molecule has 0 aromatic heterocycles. The van der Waals surface area contributed by atoms with E-state index in [0.717, 1.165) is 7.11 Å². The largest absolute Gasteiger partial charge is 0.495 e. The quantitative estimate of drug-likeness (QED) is 0.548. The van der Waals surface area contributed by atoms with Crippen molar-refractivity contribution < 1.29 is 33.4 Å². The van der Waals surface area contributed by atoms with E-state index in [1.54, 1.807) is 13.0 Å². The Morgan fingerprint density at radius 1 is 0.833 bits per heavy atom. The molecule has 0 atom stereocenters. The summed E-state index contributed by atoms with van der Waals surface area (Å²) >= 11 is 6.03. The maximum atomic E-state index is 12.4. The highest BCUT2D eigenvalue weighted by atomic mass is 35.5. The van der Waals surface area contributed by atoms with E-state index in [4.69, 9.17) is 16.3 Å². The molecule has 0 fully saturated rings. The van der Waals surface area contributed by atoms with Gasteiger partial charge in [0.05, 0.1) is 43.8 Å². The molecule has 2 amide bonds.